The number of thiazole rings is 1. The molecule has 1 unspecified atom stereocenters. The van der Waals surface area contributed by atoms with Crippen LogP contribution < -0.4 is 5.32 Å². The minimum absolute atomic E-state index is 0.315. The van der Waals surface area contributed by atoms with Crippen molar-refractivity contribution in [2.75, 3.05) is 6.54 Å². The quantitative estimate of drug-likeness (QED) is 0.894. The molecule has 2 rings (SSSR count). The van der Waals surface area contributed by atoms with Crippen molar-refractivity contribution in [3.05, 3.63) is 16.1 Å². The standard InChI is InChI=1S/C13H19N3O3S/c1-9-15-10(8-20-9)7-14-13(19)16-6-4-2-3-5-11(16)12(17)18/h8,11H,2-7H2,1H3,(H,14,19)(H,17,18). The first-order valence-corrected chi connectivity index (χ1v) is 7.64. The molecule has 20 heavy (non-hydrogen) atoms. The molecular weight excluding hydrogens is 278 g/mol. The van der Waals surface area contributed by atoms with Crippen LogP contribution in [0.25, 0.3) is 0 Å². The van der Waals surface area contributed by atoms with Crippen molar-refractivity contribution in [3.8, 4) is 0 Å². The Kier molecular flexibility index (Phi) is 4.94. The Balaban J connectivity index is 1.96. The fraction of sp³-hybridized carbons (Fsp3) is 0.615. The molecule has 0 bridgehead atoms. The molecule has 1 aliphatic rings. The summed E-state index contributed by atoms with van der Waals surface area (Å²) in [5, 5.41) is 14.8. The number of likely N-dealkylation sites (tertiary alicyclic amines) is 1. The van der Waals surface area contributed by atoms with Crippen molar-refractivity contribution in [3.63, 3.8) is 0 Å². The number of aryl methyl sites for hydroxylation is 1. The van der Waals surface area contributed by atoms with Crippen LogP contribution in [0.1, 0.15) is 36.4 Å². The highest BCUT2D eigenvalue weighted by molar-refractivity contribution is 7.09. The summed E-state index contributed by atoms with van der Waals surface area (Å²) >= 11 is 1.53. The Labute approximate surface area is 121 Å². The van der Waals surface area contributed by atoms with Crippen LogP contribution in [0.3, 0.4) is 0 Å². The second-order valence-electron chi connectivity index (χ2n) is 4.91. The lowest BCUT2D eigenvalue weighted by Gasteiger charge is -2.26. The van der Waals surface area contributed by atoms with Gasteiger partial charge in [-0.05, 0) is 19.8 Å². The topological polar surface area (TPSA) is 82.5 Å². The van der Waals surface area contributed by atoms with Gasteiger partial charge in [-0.25, -0.2) is 14.6 Å². The molecule has 2 heterocycles. The van der Waals surface area contributed by atoms with Crippen LogP contribution in [0.2, 0.25) is 0 Å². The van der Waals surface area contributed by atoms with Crippen molar-refractivity contribution in [1.82, 2.24) is 15.2 Å². The van der Waals surface area contributed by atoms with Crippen LogP contribution in [0.4, 0.5) is 4.79 Å². The van der Waals surface area contributed by atoms with E-state index >= 15 is 0 Å². The number of aromatic nitrogens is 1. The molecule has 1 saturated heterocycles. The Hall–Kier alpha value is -1.63. The van der Waals surface area contributed by atoms with Crippen molar-refractivity contribution in [2.24, 2.45) is 0 Å². The van der Waals surface area contributed by atoms with E-state index in [1.807, 2.05) is 12.3 Å². The number of nitrogens with one attached hydrogen (secondary N) is 1. The van der Waals surface area contributed by atoms with Crippen molar-refractivity contribution in [1.29, 1.82) is 0 Å². The molecule has 2 amide bonds. The van der Waals surface area contributed by atoms with Crippen LogP contribution >= 0.6 is 11.3 Å². The molecule has 0 aromatic carbocycles. The van der Waals surface area contributed by atoms with Gasteiger partial charge in [-0.15, -0.1) is 11.3 Å². The average Bonchev–Trinajstić information content (AvgIpc) is 2.68. The molecular formula is C13H19N3O3S. The fourth-order valence-electron chi connectivity index (χ4n) is 2.37. The molecule has 110 valence electrons. The summed E-state index contributed by atoms with van der Waals surface area (Å²) in [7, 11) is 0. The molecule has 0 saturated carbocycles. The maximum absolute atomic E-state index is 12.2. The minimum Gasteiger partial charge on any atom is -0.480 e. The monoisotopic (exact) mass is 297 g/mol. The SMILES string of the molecule is Cc1nc(CNC(=O)N2CCCCCC2C(=O)O)cs1. The van der Waals surface area contributed by atoms with Gasteiger partial charge in [0.25, 0.3) is 0 Å². The number of carbonyl (C=O) groups is 2. The van der Waals surface area contributed by atoms with Crippen LogP contribution in [0.5, 0.6) is 0 Å². The van der Waals surface area contributed by atoms with Gasteiger partial charge >= 0.3 is 12.0 Å². The lowest BCUT2D eigenvalue weighted by atomic mass is 10.1. The molecule has 2 N–H and O–H groups in total. The number of hydrogen-bond donors (Lipinski definition) is 2. The first-order valence-electron chi connectivity index (χ1n) is 6.76. The van der Waals surface area contributed by atoms with Gasteiger partial charge in [0, 0.05) is 11.9 Å². The first kappa shape index (κ1) is 14.8. The molecule has 6 nitrogen and oxygen atoms in total. The van der Waals surface area contributed by atoms with Gasteiger partial charge in [-0.3, -0.25) is 0 Å². The third-order valence-corrected chi connectivity index (χ3v) is 4.21. The number of carboxylic acids is 1. The summed E-state index contributed by atoms with van der Waals surface area (Å²) in [5.41, 5.74) is 0.808. The maximum Gasteiger partial charge on any atom is 0.326 e. The molecule has 1 fully saturated rings. The third-order valence-electron chi connectivity index (χ3n) is 3.39. The number of rotatable bonds is 3. The van der Waals surface area contributed by atoms with E-state index in [1.165, 1.54) is 16.2 Å². The normalized spacial score (nSPS) is 19.4. The molecule has 0 aliphatic carbocycles. The number of hydrogen-bond acceptors (Lipinski definition) is 4. The van der Waals surface area contributed by atoms with Crippen LogP contribution in [-0.2, 0) is 11.3 Å². The highest BCUT2D eigenvalue weighted by Gasteiger charge is 2.30. The largest absolute Gasteiger partial charge is 0.480 e. The predicted molar refractivity (Wildman–Crippen MR) is 75.7 cm³/mol. The number of carboxylic acid groups (broad SMARTS) is 1. The zero-order valence-electron chi connectivity index (χ0n) is 11.5. The Bertz CT molecular complexity index is 489. The molecule has 0 radical (unpaired) electrons. The van der Waals surface area contributed by atoms with Gasteiger partial charge in [0.05, 0.1) is 17.2 Å². The van der Waals surface area contributed by atoms with Crippen LogP contribution in [0.15, 0.2) is 5.38 Å². The zero-order valence-corrected chi connectivity index (χ0v) is 12.3. The van der Waals surface area contributed by atoms with E-state index in [9.17, 15) is 14.7 Å². The summed E-state index contributed by atoms with van der Waals surface area (Å²) in [6, 6.07) is -1.03. The first-order chi connectivity index (χ1) is 9.58. The van der Waals surface area contributed by atoms with E-state index in [0.717, 1.165) is 30.0 Å². The number of aliphatic carboxylic acids is 1. The Morgan fingerprint density at radius 3 is 2.95 bits per heavy atom. The number of nitrogens with zero attached hydrogens (tertiary/aromatic N) is 2. The lowest BCUT2D eigenvalue weighted by Crippen LogP contribution is -2.49. The summed E-state index contributed by atoms with van der Waals surface area (Å²) in [5.74, 6) is -0.924. The summed E-state index contributed by atoms with van der Waals surface area (Å²) in [6.07, 6.45) is 3.20. The van der Waals surface area contributed by atoms with Crippen molar-refractivity contribution in [2.45, 2.75) is 45.2 Å². The second-order valence-corrected chi connectivity index (χ2v) is 5.98. The van der Waals surface area contributed by atoms with E-state index in [2.05, 4.69) is 10.3 Å². The molecule has 1 atom stereocenters. The molecule has 1 aliphatic heterocycles. The van der Waals surface area contributed by atoms with Crippen molar-refractivity contribution >= 4 is 23.3 Å². The van der Waals surface area contributed by atoms with Gasteiger partial charge in [-0.1, -0.05) is 12.8 Å². The Morgan fingerprint density at radius 2 is 2.30 bits per heavy atom. The minimum atomic E-state index is -0.924. The smallest absolute Gasteiger partial charge is 0.326 e. The fourth-order valence-corrected chi connectivity index (χ4v) is 2.98. The summed E-state index contributed by atoms with van der Waals surface area (Å²) < 4.78 is 0. The van der Waals surface area contributed by atoms with Gasteiger partial charge < -0.3 is 15.3 Å². The Morgan fingerprint density at radius 1 is 1.50 bits per heavy atom. The van der Waals surface area contributed by atoms with E-state index in [0.29, 0.717) is 19.5 Å². The number of carbonyl (C=O) groups excluding carboxylic acids is 1. The molecule has 0 spiro atoms. The second kappa shape index (κ2) is 6.69. The third kappa shape index (κ3) is 3.69. The van der Waals surface area contributed by atoms with E-state index in [-0.39, 0.29) is 6.03 Å². The molecule has 7 heteroatoms. The van der Waals surface area contributed by atoms with E-state index in [4.69, 9.17) is 0 Å². The summed E-state index contributed by atoms with van der Waals surface area (Å²) in [4.78, 5) is 29.1. The highest BCUT2D eigenvalue weighted by Crippen LogP contribution is 2.17. The van der Waals surface area contributed by atoms with E-state index in [1.54, 1.807) is 0 Å². The summed E-state index contributed by atoms with van der Waals surface area (Å²) in [6.45, 7) is 2.75. The average molecular weight is 297 g/mol. The van der Waals surface area contributed by atoms with Gasteiger partial charge in [0.15, 0.2) is 0 Å². The maximum atomic E-state index is 12.2. The molecule has 1 aromatic rings. The van der Waals surface area contributed by atoms with Crippen LogP contribution in [0, 0.1) is 6.92 Å². The van der Waals surface area contributed by atoms with Crippen molar-refractivity contribution < 1.29 is 14.7 Å². The lowest BCUT2D eigenvalue weighted by molar-refractivity contribution is -0.142. The van der Waals surface area contributed by atoms with Gasteiger partial charge in [-0.2, -0.15) is 0 Å². The zero-order chi connectivity index (χ0) is 14.5. The van der Waals surface area contributed by atoms with Crippen LogP contribution in [-0.4, -0.2) is 39.6 Å². The molecule has 1 aromatic heterocycles. The van der Waals surface area contributed by atoms with Gasteiger partial charge in [0.1, 0.15) is 6.04 Å². The highest BCUT2D eigenvalue weighted by atomic mass is 32.1. The number of amides is 2. The van der Waals surface area contributed by atoms with E-state index < -0.39 is 12.0 Å². The number of urea groups is 1. The predicted octanol–water partition coefficient (Wildman–Crippen LogP) is 1.99. The van der Waals surface area contributed by atoms with Gasteiger partial charge in [0.2, 0.25) is 0 Å².